The molecular weight excluding hydrogens is 306 g/mol. The first-order valence-electron chi connectivity index (χ1n) is 8.62. The molecule has 0 bridgehead atoms. The van der Waals surface area contributed by atoms with Crippen molar-refractivity contribution in [2.75, 3.05) is 26.7 Å². The molecule has 132 valence electrons. The predicted octanol–water partition coefficient (Wildman–Crippen LogP) is 1.85. The fraction of sp³-hybridized carbons (Fsp3) is 0.611. The molecule has 0 N–H and O–H groups in total. The number of carbonyl (C=O) groups excluding carboxylic acids is 2. The van der Waals surface area contributed by atoms with E-state index in [1.807, 2.05) is 29.0 Å². The number of likely N-dealkylation sites (tertiary alicyclic amines) is 1. The molecule has 1 aromatic rings. The second kappa shape index (κ2) is 9.37. The SMILES string of the molecule is CCOC(=O)C[C@H]1CCCCN1C(=O)CN(C)Cc1ccncc1. The molecule has 0 unspecified atom stereocenters. The molecule has 1 aliphatic rings. The van der Waals surface area contributed by atoms with E-state index in [0.29, 0.717) is 26.1 Å². The van der Waals surface area contributed by atoms with Gasteiger partial charge >= 0.3 is 5.97 Å². The van der Waals surface area contributed by atoms with Gasteiger partial charge in [0.1, 0.15) is 0 Å². The summed E-state index contributed by atoms with van der Waals surface area (Å²) in [5.74, 6) is -0.132. The van der Waals surface area contributed by atoms with Gasteiger partial charge in [-0.3, -0.25) is 19.5 Å². The van der Waals surface area contributed by atoms with Crippen molar-refractivity contribution in [3.63, 3.8) is 0 Å². The van der Waals surface area contributed by atoms with Crippen molar-refractivity contribution in [1.82, 2.24) is 14.8 Å². The third-order valence-electron chi connectivity index (χ3n) is 4.26. The van der Waals surface area contributed by atoms with E-state index in [1.165, 1.54) is 0 Å². The number of aromatic nitrogens is 1. The summed E-state index contributed by atoms with van der Waals surface area (Å²) >= 11 is 0. The van der Waals surface area contributed by atoms with Gasteiger partial charge in [-0.15, -0.1) is 0 Å². The van der Waals surface area contributed by atoms with Crippen molar-refractivity contribution in [3.05, 3.63) is 30.1 Å². The van der Waals surface area contributed by atoms with Crippen LogP contribution in [0, 0.1) is 0 Å². The van der Waals surface area contributed by atoms with Crippen molar-refractivity contribution < 1.29 is 14.3 Å². The fourth-order valence-electron chi connectivity index (χ4n) is 3.13. The van der Waals surface area contributed by atoms with E-state index in [2.05, 4.69) is 4.98 Å². The minimum absolute atomic E-state index is 0.0281. The maximum atomic E-state index is 12.7. The number of likely N-dealkylation sites (N-methyl/N-ethyl adjacent to an activating group) is 1. The monoisotopic (exact) mass is 333 g/mol. The normalized spacial score (nSPS) is 17.8. The lowest BCUT2D eigenvalue weighted by atomic mass is 9.99. The van der Waals surface area contributed by atoms with Gasteiger partial charge in [0.05, 0.1) is 19.6 Å². The summed E-state index contributed by atoms with van der Waals surface area (Å²) in [6, 6.07) is 3.87. The molecule has 6 nitrogen and oxygen atoms in total. The van der Waals surface area contributed by atoms with Crippen LogP contribution >= 0.6 is 0 Å². The maximum Gasteiger partial charge on any atom is 0.307 e. The molecule has 0 spiro atoms. The summed E-state index contributed by atoms with van der Waals surface area (Å²) in [5.41, 5.74) is 1.13. The average molecular weight is 333 g/mol. The highest BCUT2D eigenvalue weighted by Gasteiger charge is 2.29. The Hall–Kier alpha value is -1.95. The lowest BCUT2D eigenvalue weighted by molar-refractivity contribution is -0.146. The summed E-state index contributed by atoms with van der Waals surface area (Å²) in [7, 11) is 1.93. The topological polar surface area (TPSA) is 62.7 Å². The highest BCUT2D eigenvalue weighted by atomic mass is 16.5. The number of pyridine rings is 1. The van der Waals surface area contributed by atoms with Crippen molar-refractivity contribution >= 4 is 11.9 Å². The molecule has 1 atom stereocenters. The molecule has 0 saturated carbocycles. The molecule has 1 aromatic heterocycles. The number of hydrogen-bond donors (Lipinski definition) is 0. The molecule has 0 aliphatic carbocycles. The third kappa shape index (κ3) is 5.60. The third-order valence-corrected chi connectivity index (χ3v) is 4.26. The van der Waals surface area contributed by atoms with E-state index >= 15 is 0 Å². The Balaban J connectivity index is 1.89. The van der Waals surface area contributed by atoms with Gasteiger partial charge in [-0.1, -0.05) is 0 Å². The first-order chi connectivity index (χ1) is 11.6. The summed E-state index contributed by atoms with van der Waals surface area (Å²) in [4.78, 5) is 32.3. The molecule has 2 rings (SSSR count). The van der Waals surface area contributed by atoms with Crippen LogP contribution in [0.3, 0.4) is 0 Å². The number of piperidine rings is 1. The molecular formula is C18H27N3O3. The Bertz CT molecular complexity index is 536. The van der Waals surface area contributed by atoms with E-state index in [0.717, 1.165) is 31.4 Å². The predicted molar refractivity (Wildman–Crippen MR) is 91.2 cm³/mol. The van der Waals surface area contributed by atoms with Gasteiger partial charge in [0, 0.05) is 31.5 Å². The quantitative estimate of drug-likeness (QED) is 0.713. The Kier molecular flexibility index (Phi) is 7.18. The Morgan fingerprint density at radius 2 is 2.08 bits per heavy atom. The van der Waals surface area contributed by atoms with Gasteiger partial charge in [0.15, 0.2) is 0 Å². The summed E-state index contributed by atoms with van der Waals surface area (Å²) in [5, 5.41) is 0. The first kappa shape index (κ1) is 18.4. The van der Waals surface area contributed by atoms with Crippen LogP contribution in [0.25, 0.3) is 0 Å². The Labute approximate surface area is 143 Å². The van der Waals surface area contributed by atoms with Gasteiger partial charge in [0.25, 0.3) is 0 Å². The number of amides is 1. The Morgan fingerprint density at radius 1 is 1.33 bits per heavy atom. The number of esters is 1. The van der Waals surface area contributed by atoms with Crippen molar-refractivity contribution in [3.8, 4) is 0 Å². The molecule has 6 heteroatoms. The van der Waals surface area contributed by atoms with Gasteiger partial charge in [-0.05, 0) is 50.9 Å². The molecule has 24 heavy (non-hydrogen) atoms. The average Bonchev–Trinajstić information content (AvgIpc) is 2.56. The molecule has 2 heterocycles. The highest BCUT2D eigenvalue weighted by molar-refractivity contribution is 5.79. The van der Waals surface area contributed by atoms with Crippen molar-refractivity contribution in [1.29, 1.82) is 0 Å². The second-order valence-corrected chi connectivity index (χ2v) is 6.27. The van der Waals surface area contributed by atoms with Gasteiger partial charge in [-0.25, -0.2) is 0 Å². The largest absolute Gasteiger partial charge is 0.466 e. The highest BCUT2D eigenvalue weighted by Crippen LogP contribution is 2.20. The van der Waals surface area contributed by atoms with Crippen LogP contribution in [0.15, 0.2) is 24.5 Å². The van der Waals surface area contributed by atoms with Crippen LogP contribution in [-0.2, 0) is 20.9 Å². The zero-order chi connectivity index (χ0) is 17.4. The zero-order valence-electron chi connectivity index (χ0n) is 14.6. The summed E-state index contributed by atoms with van der Waals surface area (Å²) < 4.78 is 5.04. The van der Waals surface area contributed by atoms with E-state index in [4.69, 9.17) is 4.74 Å². The lowest BCUT2D eigenvalue weighted by Gasteiger charge is -2.36. The van der Waals surface area contributed by atoms with Gasteiger partial charge in [0.2, 0.25) is 5.91 Å². The summed E-state index contributed by atoms with van der Waals surface area (Å²) in [6.07, 6.45) is 6.74. The molecule has 1 fully saturated rings. The van der Waals surface area contributed by atoms with Crippen molar-refractivity contribution in [2.45, 2.75) is 45.2 Å². The van der Waals surface area contributed by atoms with E-state index < -0.39 is 0 Å². The molecule has 0 radical (unpaired) electrons. The fourth-order valence-corrected chi connectivity index (χ4v) is 3.13. The van der Waals surface area contributed by atoms with E-state index in [-0.39, 0.29) is 17.9 Å². The van der Waals surface area contributed by atoms with Crippen LogP contribution in [0.5, 0.6) is 0 Å². The number of ether oxygens (including phenoxy) is 1. The minimum atomic E-state index is -0.215. The second-order valence-electron chi connectivity index (χ2n) is 6.27. The van der Waals surface area contributed by atoms with Crippen LogP contribution in [0.1, 0.15) is 38.2 Å². The lowest BCUT2D eigenvalue weighted by Crippen LogP contribution is -2.48. The van der Waals surface area contributed by atoms with Crippen LogP contribution in [0.4, 0.5) is 0 Å². The number of hydrogen-bond acceptors (Lipinski definition) is 5. The Morgan fingerprint density at radius 3 is 2.79 bits per heavy atom. The standard InChI is InChI=1S/C18H27N3O3/c1-3-24-18(23)12-16-6-4-5-11-21(16)17(22)14-20(2)13-15-7-9-19-10-8-15/h7-10,16H,3-6,11-14H2,1-2H3/t16-/m1/s1. The number of rotatable bonds is 7. The van der Waals surface area contributed by atoms with E-state index in [1.54, 1.807) is 19.3 Å². The van der Waals surface area contributed by atoms with Crippen LogP contribution in [0.2, 0.25) is 0 Å². The van der Waals surface area contributed by atoms with Gasteiger partial charge in [-0.2, -0.15) is 0 Å². The summed E-state index contributed by atoms with van der Waals surface area (Å²) in [6.45, 7) is 3.96. The van der Waals surface area contributed by atoms with E-state index in [9.17, 15) is 9.59 Å². The number of nitrogens with zero attached hydrogens (tertiary/aromatic N) is 3. The van der Waals surface area contributed by atoms with Crippen molar-refractivity contribution in [2.24, 2.45) is 0 Å². The molecule has 1 amide bonds. The van der Waals surface area contributed by atoms with Crippen LogP contribution in [-0.4, -0.2) is 59.4 Å². The zero-order valence-corrected chi connectivity index (χ0v) is 14.6. The van der Waals surface area contributed by atoms with Gasteiger partial charge < -0.3 is 9.64 Å². The molecule has 1 saturated heterocycles. The molecule has 0 aromatic carbocycles. The minimum Gasteiger partial charge on any atom is -0.466 e. The maximum absolute atomic E-state index is 12.7. The smallest absolute Gasteiger partial charge is 0.307 e. The van der Waals surface area contributed by atoms with Crippen LogP contribution < -0.4 is 0 Å². The first-order valence-corrected chi connectivity index (χ1v) is 8.62. The molecule has 1 aliphatic heterocycles. The number of carbonyl (C=O) groups is 2.